The first kappa shape index (κ1) is 11.9. The number of carbonyl (C=O) groups is 1. The van der Waals surface area contributed by atoms with Crippen molar-refractivity contribution in [2.45, 2.75) is 40.0 Å². The van der Waals surface area contributed by atoms with E-state index in [1.807, 2.05) is 13.8 Å². The fourth-order valence-electron chi connectivity index (χ4n) is 2.20. The molecule has 0 amide bonds. The number of ketones is 1. The molecule has 0 fully saturated rings. The molecule has 0 aromatic carbocycles. The van der Waals surface area contributed by atoms with Crippen LogP contribution < -0.4 is 0 Å². The van der Waals surface area contributed by atoms with Crippen LogP contribution >= 0.6 is 0 Å². The molecule has 0 atom stereocenters. The van der Waals surface area contributed by atoms with Gasteiger partial charge in [0.2, 0.25) is 0 Å². The Bertz CT molecular complexity index is 501. The predicted molar refractivity (Wildman–Crippen MR) is 68.2 cm³/mol. The molecule has 0 saturated heterocycles. The molecule has 2 rings (SSSR count). The van der Waals surface area contributed by atoms with Crippen LogP contribution in [-0.2, 0) is 6.42 Å². The average Bonchev–Trinajstić information content (AvgIpc) is 2.58. The van der Waals surface area contributed by atoms with Crippen LogP contribution in [0.1, 0.15) is 48.4 Å². The van der Waals surface area contributed by atoms with Crippen LogP contribution in [0.3, 0.4) is 0 Å². The lowest BCUT2D eigenvalue weighted by molar-refractivity contribution is 0.104. The summed E-state index contributed by atoms with van der Waals surface area (Å²) < 4.78 is 5.50. The van der Waals surface area contributed by atoms with Crippen LogP contribution in [0.2, 0.25) is 0 Å². The van der Waals surface area contributed by atoms with E-state index in [2.05, 4.69) is 13.0 Å². The van der Waals surface area contributed by atoms with Crippen molar-refractivity contribution in [3.63, 3.8) is 0 Å². The van der Waals surface area contributed by atoms with Crippen LogP contribution in [0.25, 0.3) is 0 Å². The Morgan fingerprint density at radius 1 is 1.18 bits per heavy atom. The van der Waals surface area contributed by atoms with Crippen molar-refractivity contribution in [2.75, 3.05) is 0 Å². The Balaban J connectivity index is 2.49. The van der Waals surface area contributed by atoms with Crippen LogP contribution in [0.15, 0.2) is 34.0 Å². The first-order valence-corrected chi connectivity index (χ1v) is 6.02. The molecule has 1 heterocycles. The molecule has 0 bridgehead atoms. The molecular formula is C15H18O2. The van der Waals surface area contributed by atoms with Gasteiger partial charge in [0.05, 0.1) is 11.8 Å². The zero-order valence-corrected chi connectivity index (χ0v) is 10.7. The third-order valence-corrected chi connectivity index (χ3v) is 3.15. The topological polar surface area (TPSA) is 30.2 Å². The van der Waals surface area contributed by atoms with Gasteiger partial charge in [0.25, 0.3) is 0 Å². The van der Waals surface area contributed by atoms with Crippen molar-refractivity contribution < 1.29 is 9.21 Å². The third-order valence-electron chi connectivity index (χ3n) is 3.15. The maximum atomic E-state index is 12.2. The molecule has 17 heavy (non-hydrogen) atoms. The van der Waals surface area contributed by atoms with Crippen molar-refractivity contribution in [1.29, 1.82) is 0 Å². The van der Waals surface area contributed by atoms with Gasteiger partial charge in [-0.25, -0.2) is 0 Å². The van der Waals surface area contributed by atoms with E-state index in [4.69, 9.17) is 4.42 Å². The molecule has 1 aliphatic rings. The Labute approximate surface area is 102 Å². The van der Waals surface area contributed by atoms with Gasteiger partial charge < -0.3 is 4.42 Å². The lowest BCUT2D eigenvalue weighted by Gasteiger charge is -2.06. The minimum atomic E-state index is 0.0819. The monoisotopic (exact) mass is 230 g/mol. The number of allylic oxidation sites excluding steroid dienone is 4. The summed E-state index contributed by atoms with van der Waals surface area (Å²) >= 11 is 0. The molecular weight excluding hydrogens is 212 g/mol. The van der Waals surface area contributed by atoms with Crippen molar-refractivity contribution in [3.05, 3.63) is 46.4 Å². The number of fused-ring (bicyclic) bond motifs is 1. The lowest BCUT2D eigenvalue weighted by atomic mass is 9.98. The molecule has 1 aromatic rings. The summed E-state index contributed by atoms with van der Waals surface area (Å²) in [5.74, 6) is 0.880. The minimum absolute atomic E-state index is 0.0819. The van der Waals surface area contributed by atoms with Gasteiger partial charge in [0.15, 0.2) is 5.78 Å². The summed E-state index contributed by atoms with van der Waals surface area (Å²) in [6.45, 7) is 6.03. The van der Waals surface area contributed by atoms with Gasteiger partial charge in [-0.05, 0) is 45.3 Å². The second-order valence-corrected chi connectivity index (χ2v) is 4.84. The number of rotatable bonds is 0. The summed E-state index contributed by atoms with van der Waals surface area (Å²) in [5, 5.41) is 0. The molecule has 0 radical (unpaired) electrons. The van der Waals surface area contributed by atoms with E-state index < -0.39 is 0 Å². The first-order chi connectivity index (χ1) is 8.08. The summed E-state index contributed by atoms with van der Waals surface area (Å²) in [4.78, 5) is 12.2. The van der Waals surface area contributed by atoms with Crippen LogP contribution in [0, 0.1) is 6.92 Å². The predicted octanol–water partition coefficient (Wildman–Crippen LogP) is 4.00. The molecule has 0 saturated carbocycles. The van der Waals surface area contributed by atoms with Crippen LogP contribution in [-0.4, -0.2) is 5.78 Å². The highest BCUT2D eigenvalue weighted by molar-refractivity contribution is 6.06. The van der Waals surface area contributed by atoms with Gasteiger partial charge in [-0.1, -0.05) is 17.2 Å². The van der Waals surface area contributed by atoms with E-state index in [0.29, 0.717) is 0 Å². The number of hydrogen-bond acceptors (Lipinski definition) is 2. The second-order valence-electron chi connectivity index (χ2n) is 4.84. The Morgan fingerprint density at radius 3 is 2.71 bits per heavy atom. The highest BCUT2D eigenvalue weighted by Crippen LogP contribution is 2.23. The van der Waals surface area contributed by atoms with E-state index >= 15 is 0 Å². The van der Waals surface area contributed by atoms with Gasteiger partial charge >= 0.3 is 0 Å². The van der Waals surface area contributed by atoms with Crippen LogP contribution in [0.5, 0.6) is 0 Å². The molecule has 2 nitrogen and oxygen atoms in total. The summed E-state index contributed by atoms with van der Waals surface area (Å²) in [5.41, 5.74) is 4.08. The highest BCUT2D eigenvalue weighted by atomic mass is 16.3. The fraction of sp³-hybridized carbons (Fsp3) is 0.400. The highest BCUT2D eigenvalue weighted by Gasteiger charge is 2.17. The molecule has 0 N–H and O–H groups in total. The SMILES string of the molecule is C/C1=C\C(=O)c2c(C)coc2C/C(C)=C/CC1. The second kappa shape index (κ2) is 4.74. The maximum Gasteiger partial charge on any atom is 0.189 e. The zero-order chi connectivity index (χ0) is 12.4. The molecule has 90 valence electrons. The third kappa shape index (κ3) is 2.57. The quantitative estimate of drug-likeness (QED) is 0.630. The van der Waals surface area contributed by atoms with Crippen molar-refractivity contribution >= 4 is 5.78 Å². The van der Waals surface area contributed by atoms with Gasteiger partial charge in [0, 0.05) is 6.42 Å². The standard InChI is InChI=1S/C15H18O2/c1-10-5-4-6-11(2)8-14-15(13(16)7-10)12(3)9-17-14/h6-7,9H,4-5,8H2,1-3H3/b10-7+,11-6+. The first-order valence-electron chi connectivity index (χ1n) is 6.02. The van der Waals surface area contributed by atoms with E-state index in [9.17, 15) is 4.79 Å². The van der Waals surface area contributed by atoms with E-state index in [-0.39, 0.29) is 5.78 Å². The normalized spacial score (nSPS) is 23.4. The Morgan fingerprint density at radius 2 is 1.94 bits per heavy atom. The number of hydrogen-bond donors (Lipinski definition) is 0. The maximum absolute atomic E-state index is 12.2. The number of aryl methyl sites for hydroxylation is 1. The number of furan rings is 1. The average molecular weight is 230 g/mol. The van der Waals surface area contributed by atoms with Gasteiger partial charge in [-0.3, -0.25) is 4.79 Å². The summed E-state index contributed by atoms with van der Waals surface area (Å²) in [6.07, 6.45) is 8.34. The number of carbonyl (C=O) groups excluding carboxylic acids is 1. The Hall–Kier alpha value is -1.57. The van der Waals surface area contributed by atoms with Gasteiger partial charge in [-0.15, -0.1) is 0 Å². The largest absolute Gasteiger partial charge is 0.468 e. The molecule has 1 aliphatic carbocycles. The van der Waals surface area contributed by atoms with Crippen molar-refractivity contribution in [2.24, 2.45) is 0 Å². The summed E-state index contributed by atoms with van der Waals surface area (Å²) in [7, 11) is 0. The minimum Gasteiger partial charge on any atom is -0.468 e. The van der Waals surface area contributed by atoms with E-state index in [1.165, 1.54) is 5.57 Å². The molecule has 2 heteroatoms. The summed E-state index contributed by atoms with van der Waals surface area (Å²) in [6, 6.07) is 0. The van der Waals surface area contributed by atoms with Gasteiger partial charge in [0.1, 0.15) is 5.76 Å². The van der Waals surface area contributed by atoms with E-state index in [0.717, 1.165) is 41.7 Å². The van der Waals surface area contributed by atoms with Crippen LogP contribution in [0.4, 0.5) is 0 Å². The van der Waals surface area contributed by atoms with Crippen molar-refractivity contribution in [3.8, 4) is 0 Å². The molecule has 0 spiro atoms. The molecule has 1 aromatic heterocycles. The lowest BCUT2D eigenvalue weighted by Crippen LogP contribution is -2.02. The van der Waals surface area contributed by atoms with Crippen molar-refractivity contribution in [1.82, 2.24) is 0 Å². The molecule has 0 aliphatic heterocycles. The van der Waals surface area contributed by atoms with E-state index in [1.54, 1.807) is 12.3 Å². The van der Waals surface area contributed by atoms with Gasteiger partial charge in [-0.2, -0.15) is 0 Å². The molecule has 0 unspecified atom stereocenters. The zero-order valence-electron chi connectivity index (χ0n) is 10.7. The fourth-order valence-corrected chi connectivity index (χ4v) is 2.20. The smallest absolute Gasteiger partial charge is 0.189 e. The Kier molecular flexibility index (Phi) is 3.32.